The van der Waals surface area contributed by atoms with Crippen LogP contribution < -0.4 is 20.4 Å². The van der Waals surface area contributed by atoms with Crippen molar-refractivity contribution in [2.45, 2.75) is 37.9 Å². The lowest BCUT2D eigenvalue weighted by Gasteiger charge is -2.36. The zero-order valence-electron chi connectivity index (χ0n) is 21.0. The number of aliphatic carboxylic acids is 1. The molecule has 4 heterocycles. The third-order valence-electron chi connectivity index (χ3n) is 7.11. The van der Waals surface area contributed by atoms with Crippen molar-refractivity contribution in [3.63, 3.8) is 0 Å². The maximum atomic E-state index is 13.2. The maximum Gasteiger partial charge on any atom is 0.490 e. The number of anilines is 3. The Labute approximate surface area is 216 Å². The zero-order chi connectivity index (χ0) is 27.2. The third-order valence-corrected chi connectivity index (χ3v) is 7.11. The number of hydrogen-bond donors (Lipinski definition) is 3. The van der Waals surface area contributed by atoms with Crippen molar-refractivity contribution in [1.29, 1.82) is 0 Å². The number of rotatable bonds is 2. The van der Waals surface area contributed by atoms with Crippen LogP contribution in [0.25, 0.3) is 10.9 Å². The van der Waals surface area contributed by atoms with Crippen LogP contribution in [0.5, 0.6) is 0 Å². The molecule has 2 aliphatic heterocycles. The minimum Gasteiger partial charge on any atom is -0.475 e. The molecule has 3 aromatic rings. The molecule has 1 spiro atoms. The number of carboxylic acid groups (broad SMARTS) is 1. The van der Waals surface area contributed by atoms with Crippen LogP contribution >= 0.6 is 0 Å². The number of amides is 2. The van der Waals surface area contributed by atoms with Gasteiger partial charge in [0, 0.05) is 73.5 Å². The zero-order valence-corrected chi connectivity index (χ0v) is 21.0. The van der Waals surface area contributed by atoms with Crippen molar-refractivity contribution in [2.75, 3.05) is 41.3 Å². The fraction of sp³-hybridized carbons (Fsp3) is 0.440. The SMILES string of the molecule is Cc1cc2nn(C)cc2cc1NC(=O)N1CCc2c(N3CCNC4(CC4)C3)ccnc21.O=C(O)C(F)(F)F. The van der Waals surface area contributed by atoms with Gasteiger partial charge in [-0.15, -0.1) is 0 Å². The minimum atomic E-state index is -5.08. The van der Waals surface area contributed by atoms with Crippen molar-refractivity contribution in [3.05, 3.63) is 41.7 Å². The molecule has 3 aliphatic rings. The van der Waals surface area contributed by atoms with Crippen LogP contribution in [0.1, 0.15) is 24.0 Å². The second kappa shape index (κ2) is 9.46. The van der Waals surface area contributed by atoms with Crippen LogP contribution in [0.3, 0.4) is 0 Å². The lowest BCUT2D eigenvalue weighted by atomic mass is 10.1. The molecule has 1 saturated heterocycles. The number of carbonyl (C=O) groups excluding carboxylic acids is 1. The second-order valence-electron chi connectivity index (χ2n) is 9.92. The summed E-state index contributed by atoms with van der Waals surface area (Å²) in [5.41, 5.74) is 5.48. The quantitative estimate of drug-likeness (QED) is 0.464. The Bertz CT molecular complexity index is 1400. The number of piperazine rings is 1. The predicted molar refractivity (Wildman–Crippen MR) is 136 cm³/mol. The number of aromatic nitrogens is 3. The Hall–Kier alpha value is -3.87. The van der Waals surface area contributed by atoms with E-state index >= 15 is 0 Å². The molecule has 38 heavy (non-hydrogen) atoms. The first kappa shape index (κ1) is 25.8. The van der Waals surface area contributed by atoms with Crippen molar-refractivity contribution >= 4 is 40.1 Å². The highest BCUT2D eigenvalue weighted by Crippen LogP contribution is 2.41. The van der Waals surface area contributed by atoms with Crippen LogP contribution in [0, 0.1) is 6.92 Å². The van der Waals surface area contributed by atoms with E-state index < -0.39 is 12.1 Å². The van der Waals surface area contributed by atoms with E-state index in [2.05, 4.69) is 31.7 Å². The number of urea groups is 1. The number of fused-ring (bicyclic) bond motifs is 2. The standard InChI is InChI=1S/C23H27N7O.C2HF3O2/c1-15-11-19-16(13-28(2)27-19)12-18(15)26-22(31)30-9-4-17-20(3-7-24-21(17)30)29-10-8-25-23(14-29)5-6-23;3-2(4,5)1(6)7/h3,7,11-13,25H,4-6,8-10,14H2,1-2H3,(H,26,31);(H,6,7). The number of halogens is 3. The molecule has 2 fully saturated rings. The van der Waals surface area contributed by atoms with Crippen LogP contribution in [0.15, 0.2) is 30.6 Å². The molecule has 1 saturated carbocycles. The van der Waals surface area contributed by atoms with E-state index in [-0.39, 0.29) is 6.03 Å². The van der Waals surface area contributed by atoms with Gasteiger partial charge in [-0.05, 0) is 49.9 Å². The first-order valence-electron chi connectivity index (χ1n) is 12.3. The lowest BCUT2D eigenvalue weighted by molar-refractivity contribution is -0.192. The molecule has 3 N–H and O–H groups in total. The van der Waals surface area contributed by atoms with E-state index in [0.717, 1.165) is 54.0 Å². The van der Waals surface area contributed by atoms with Gasteiger partial charge in [-0.3, -0.25) is 9.58 Å². The Balaban J connectivity index is 0.000000374. The van der Waals surface area contributed by atoms with Gasteiger partial charge >= 0.3 is 18.2 Å². The molecule has 0 unspecified atom stereocenters. The van der Waals surface area contributed by atoms with E-state index in [1.54, 1.807) is 9.58 Å². The van der Waals surface area contributed by atoms with Crippen LogP contribution in [0.4, 0.5) is 35.2 Å². The largest absolute Gasteiger partial charge is 0.490 e. The van der Waals surface area contributed by atoms with Crippen molar-refractivity contribution < 1.29 is 27.9 Å². The van der Waals surface area contributed by atoms with Gasteiger partial charge < -0.3 is 20.6 Å². The summed E-state index contributed by atoms with van der Waals surface area (Å²) in [5, 5.41) is 19.4. The fourth-order valence-corrected chi connectivity index (χ4v) is 5.03. The Morgan fingerprint density at radius 3 is 2.63 bits per heavy atom. The minimum absolute atomic E-state index is 0.131. The van der Waals surface area contributed by atoms with E-state index in [4.69, 9.17) is 9.90 Å². The number of carbonyl (C=O) groups is 2. The highest BCUT2D eigenvalue weighted by molar-refractivity contribution is 6.04. The Morgan fingerprint density at radius 1 is 1.21 bits per heavy atom. The van der Waals surface area contributed by atoms with Gasteiger partial charge in [-0.1, -0.05) is 0 Å². The number of hydrogen-bond acceptors (Lipinski definition) is 6. The summed E-state index contributed by atoms with van der Waals surface area (Å²) in [6.07, 6.45) is 2.07. The number of pyridine rings is 1. The first-order valence-corrected chi connectivity index (χ1v) is 12.3. The maximum absolute atomic E-state index is 13.2. The summed E-state index contributed by atoms with van der Waals surface area (Å²) < 4.78 is 33.5. The molecule has 2 aromatic heterocycles. The van der Waals surface area contributed by atoms with Crippen molar-refractivity contribution in [2.24, 2.45) is 7.05 Å². The summed E-state index contributed by atoms with van der Waals surface area (Å²) in [4.78, 5) is 31.0. The van der Waals surface area contributed by atoms with Gasteiger partial charge in [0.05, 0.1) is 5.52 Å². The molecule has 0 radical (unpaired) electrons. The summed E-state index contributed by atoms with van der Waals surface area (Å²) >= 11 is 0. The molecule has 1 aromatic carbocycles. The van der Waals surface area contributed by atoms with E-state index in [0.29, 0.717) is 12.1 Å². The number of benzene rings is 1. The Kier molecular flexibility index (Phi) is 6.41. The number of carboxylic acids is 1. The summed E-state index contributed by atoms with van der Waals surface area (Å²) in [6.45, 7) is 5.69. The van der Waals surface area contributed by atoms with E-state index in [1.165, 1.54) is 24.1 Å². The molecule has 13 heteroatoms. The molecule has 10 nitrogen and oxygen atoms in total. The van der Waals surface area contributed by atoms with Gasteiger partial charge in [0.1, 0.15) is 5.82 Å². The van der Waals surface area contributed by atoms with Gasteiger partial charge in [0.2, 0.25) is 0 Å². The highest BCUT2D eigenvalue weighted by atomic mass is 19.4. The number of nitrogens with zero attached hydrogens (tertiary/aromatic N) is 5. The molecule has 0 bridgehead atoms. The van der Waals surface area contributed by atoms with Gasteiger partial charge in [-0.25, -0.2) is 14.6 Å². The number of aryl methyl sites for hydroxylation is 2. The van der Waals surface area contributed by atoms with Crippen molar-refractivity contribution in [1.82, 2.24) is 20.1 Å². The molecular formula is C25H28F3N7O3. The molecule has 6 rings (SSSR count). The summed E-state index contributed by atoms with van der Waals surface area (Å²) in [5.74, 6) is -1.97. The normalized spacial score (nSPS) is 17.7. The highest BCUT2D eigenvalue weighted by Gasteiger charge is 2.46. The number of nitrogens with one attached hydrogen (secondary N) is 2. The van der Waals surface area contributed by atoms with E-state index in [9.17, 15) is 18.0 Å². The predicted octanol–water partition coefficient (Wildman–Crippen LogP) is 3.45. The van der Waals surface area contributed by atoms with Crippen LogP contribution in [0.2, 0.25) is 0 Å². The smallest absolute Gasteiger partial charge is 0.475 e. The topological polar surface area (TPSA) is 116 Å². The Morgan fingerprint density at radius 2 is 1.95 bits per heavy atom. The third kappa shape index (κ3) is 5.10. The van der Waals surface area contributed by atoms with Crippen LogP contribution in [-0.4, -0.2) is 69.8 Å². The van der Waals surface area contributed by atoms with Gasteiger partial charge in [-0.2, -0.15) is 18.3 Å². The van der Waals surface area contributed by atoms with Crippen LogP contribution in [-0.2, 0) is 18.3 Å². The first-order chi connectivity index (χ1) is 18.0. The average molecular weight is 532 g/mol. The van der Waals surface area contributed by atoms with Gasteiger partial charge in [0.25, 0.3) is 0 Å². The van der Waals surface area contributed by atoms with E-state index in [1.807, 2.05) is 38.5 Å². The average Bonchev–Trinajstić information content (AvgIpc) is 3.28. The fourth-order valence-electron chi connectivity index (χ4n) is 5.03. The molecular weight excluding hydrogens is 503 g/mol. The second-order valence-corrected chi connectivity index (χ2v) is 9.92. The van der Waals surface area contributed by atoms with Gasteiger partial charge in [0.15, 0.2) is 0 Å². The van der Waals surface area contributed by atoms with Crippen molar-refractivity contribution in [3.8, 4) is 0 Å². The summed E-state index contributed by atoms with van der Waals surface area (Å²) in [6, 6.07) is 5.99. The lowest BCUT2D eigenvalue weighted by Crippen LogP contribution is -2.52. The molecule has 0 atom stereocenters. The summed E-state index contributed by atoms with van der Waals surface area (Å²) in [7, 11) is 1.90. The number of alkyl halides is 3. The molecule has 202 valence electrons. The monoisotopic (exact) mass is 531 g/mol. The molecule has 1 aliphatic carbocycles. The molecule has 2 amide bonds.